The van der Waals surface area contributed by atoms with E-state index in [0.29, 0.717) is 10.8 Å². The fourth-order valence-electron chi connectivity index (χ4n) is 3.89. The van der Waals surface area contributed by atoms with Crippen molar-refractivity contribution >= 4 is 0 Å². The van der Waals surface area contributed by atoms with Crippen molar-refractivity contribution in [3.63, 3.8) is 0 Å². The summed E-state index contributed by atoms with van der Waals surface area (Å²) >= 11 is -0.152. The van der Waals surface area contributed by atoms with E-state index in [1.54, 1.807) is 18.9 Å². The molecular formula is C20H30Ti. The molecular weight excluding hydrogens is 288 g/mol. The van der Waals surface area contributed by atoms with E-state index in [9.17, 15) is 0 Å². The minimum atomic E-state index is -0.152. The molecule has 0 heterocycles. The Balaban J connectivity index is 2.39. The third-order valence-electron chi connectivity index (χ3n) is 4.42. The Bertz CT molecular complexity index is 514. The molecule has 2 rings (SSSR count). The fraction of sp³-hybridized carbons (Fsp3) is 0.600. The maximum atomic E-state index is 2.45. The topological polar surface area (TPSA) is 0 Å². The fourth-order valence-corrected chi connectivity index (χ4v) is 7.28. The molecule has 0 spiro atoms. The van der Waals surface area contributed by atoms with Crippen molar-refractivity contribution in [1.82, 2.24) is 0 Å². The van der Waals surface area contributed by atoms with E-state index in [1.165, 1.54) is 24.0 Å². The maximum absolute atomic E-state index is 2.45. The second-order valence-corrected chi connectivity index (χ2v) is 10.8. The van der Waals surface area contributed by atoms with Gasteiger partial charge in [-0.15, -0.1) is 0 Å². The summed E-state index contributed by atoms with van der Waals surface area (Å²) < 4.78 is 3.56. The van der Waals surface area contributed by atoms with Gasteiger partial charge in [-0.3, -0.25) is 0 Å². The zero-order valence-electron chi connectivity index (χ0n) is 15.1. The average molecular weight is 318 g/mol. The summed E-state index contributed by atoms with van der Waals surface area (Å²) in [6.07, 6.45) is 7.31. The first-order valence-electron chi connectivity index (χ1n) is 8.10. The van der Waals surface area contributed by atoms with Gasteiger partial charge in [-0.05, 0) is 0 Å². The van der Waals surface area contributed by atoms with Gasteiger partial charge >= 0.3 is 140 Å². The summed E-state index contributed by atoms with van der Waals surface area (Å²) in [5.41, 5.74) is 6.96. The second-order valence-electron chi connectivity index (χ2n) is 8.51. The number of rotatable bonds is 2. The van der Waals surface area contributed by atoms with Crippen LogP contribution in [0.2, 0.25) is 0 Å². The average Bonchev–Trinajstić information content (AvgIpc) is 2.81. The van der Waals surface area contributed by atoms with E-state index in [4.69, 9.17) is 0 Å². The van der Waals surface area contributed by atoms with Gasteiger partial charge in [0.1, 0.15) is 0 Å². The molecule has 0 aromatic rings. The van der Waals surface area contributed by atoms with Crippen LogP contribution in [0.5, 0.6) is 0 Å². The summed E-state index contributed by atoms with van der Waals surface area (Å²) in [6, 6.07) is 0. The van der Waals surface area contributed by atoms with Gasteiger partial charge in [0.2, 0.25) is 0 Å². The van der Waals surface area contributed by atoms with Crippen molar-refractivity contribution in [1.29, 1.82) is 0 Å². The monoisotopic (exact) mass is 318 g/mol. The summed E-state index contributed by atoms with van der Waals surface area (Å²) in [4.78, 5) is 0. The van der Waals surface area contributed by atoms with E-state index in [2.05, 4.69) is 67.5 Å². The van der Waals surface area contributed by atoms with Crippen LogP contribution in [0, 0.1) is 10.8 Å². The molecule has 2 aliphatic rings. The van der Waals surface area contributed by atoms with E-state index in [0.717, 1.165) is 0 Å². The molecule has 1 heteroatoms. The van der Waals surface area contributed by atoms with Crippen LogP contribution in [0.4, 0.5) is 0 Å². The molecule has 0 radical (unpaired) electrons. The Labute approximate surface area is 140 Å². The molecule has 0 aliphatic heterocycles. The molecule has 114 valence electrons. The molecule has 0 fully saturated rings. The van der Waals surface area contributed by atoms with Crippen LogP contribution in [-0.4, -0.2) is 0 Å². The van der Waals surface area contributed by atoms with Gasteiger partial charge in [0.05, 0.1) is 0 Å². The molecule has 0 aromatic heterocycles. The predicted molar refractivity (Wildman–Crippen MR) is 89.7 cm³/mol. The minimum absolute atomic E-state index is 0.152. The van der Waals surface area contributed by atoms with Crippen molar-refractivity contribution in [2.24, 2.45) is 10.8 Å². The molecule has 0 amide bonds. The van der Waals surface area contributed by atoms with Gasteiger partial charge in [0, 0.05) is 0 Å². The van der Waals surface area contributed by atoms with E-state index in [1.807, 2.05) is 0 Å². The van der Waals surface area contributed by atoms with Gasteiger partial charge in [-0.25, -0.2) is 0 Å². The normalized spacial score (nSPS) is 20.2. The Kier molecular flexibility index (Phi) is 4.63. The van der Waals surface area contributed by atoms with Crippen molar-refractivity contribution in [2.45, 2.75) is 68.2 Å². The molecule has 0 nitrogen and oxygen atoms in total. The Morgan fingerprint density at radius 2 is 1.05 bits per heavy atom. The van der Waals surface area contributed by atoms with Crippen molar-refractivity contribution in [3.8, 4) is 0 Å². The Morgan fingerprint density at radius 3 is 1.33 bits per heavy atom. The third kappa shape index (κ3) is 3.54. The van der Waals surface area contributed by atoms with Gasteiger partial charge < -0.3 is 0 Å². The van der Waals surface area contributed by atoms with Crippen LogP contribution in [0.3, 0.4) is 0 Å². The number of hydrogen-bond donors (Lipinski definition) is 0. The Hall–Kier alpha value is -0.326. The molecule has 21 heavy (non-hydrogen) atoms. The van der Waals surface area contributed by atoms with Crippen LogP contribution in [0.15, 0.2) is 42.2 Å². The van der Waals surface area contributed by atoms with Gasteiger partial charge in [0.25, 0.3) is 0 Å². The van der Waals surface area contributed by atoms with Crippen LogP contribution in [0.1, 0.15) is 68.2 Å². The van der Waals surface area contributed by atoms with Crippen LogP contribution >= 0.6 is 0 Å². The zero-order chi connectivity index (χ0) is 16.0. The molecule has 0 unspecified atom stereocenters. The van der Waals surface area contributed by atoms with Gasteiger partial charge in [0.15, 0.2) is 0 Å². The first-order chi connectivity index (χ1) is 9.51. The molecule has 0 aromatic carbocycles. The first-order valence-corrected chi connectivity index (χ1v) is 9.66. The SMILES string of the molecule is CC1=CC[C]([Ti][C]2=C(C(C)(C)C)C(C)=CC2)=C1C(C)(C)C. The van der Waals surface area contributed by atoms with Crippen molar-refractivity contribution in [3.05, 3.63) is 42.2 Å². The van der Waals surface area contributed by atoms with Crippen LogP contribution in [-0.2, 0) is 19.2 Å². The molecule has 0 saturated heterocycles. The van der Waals surface area contributed by atoms with Crippen LogP contribution < -0.4 is 0 Å². The standard InChI is InChI=1S/2C10H15.Ti/c2*1-8-6-5-7-9(8)10(2,3)4;/h2*6H,5H2,1-4H3;. The molecule has 0 bridgehead atoms. The number of allylic oxidation sites excluding steroid dienone is 8. The molecule has 0 atom stereocenters. The van der Waals surface area contributed by atoms with Crippen molar-refractivity contribution < 1.29 is 19.2 Å². The van der Waals surface area contributed by atoms with Crippen molar-refractivity contribution in [2.75, 3.05) is 0 Å². The molecule has 0 N–H and O–H groups in total. The summed E-state index contributed by atoms with van der Waals surface area (Å²) in [7, 11) is 0. The summed E-state index contributed by atoms with van der Waals surface area (Å²) in [5, 5.41) is 0. The van der Waals surface area contributed by atoms with E-state index < -0.39 is 0 Å². The molecule has 2 aliphatic carbocycles. The third-order valence-corrected chi connectivity index (χ3v) is 6.78. The quantitative estimate of drug-likeness (QED) is 0.519. The van der Waals surface area contributed by atoms with Gasteiger partial charge in [-0.2, -0.15) is 0 Å². The first kappa shape index (κ1) is 17.0. The van der Waals surface area contributed by atoms with E-state index >= 15 is 0 Å². The molecule has 0 saturated carbocycles. The summed E-state index contributed by atoms with van der Waals surface area (Å²) in [6.45, 7) is 18.8. The van der Waals surface area contributed by atoms with Crippen LogP contribution in [0.25, 0.3) is 0 Å². The van der Waals surface area contributed by atoms with E-state index in [-0.39, 0.29) is 19.2 Å². The Morgan fingerprint density at radius 1 is 0.714 bits per heavy atom. The summed E-state index contributed by atoms with van der Waals surface area (Å²) in [5.74, 6) is 0. The number of hydrogen-bond acceptors (Lipinski definition) is 0. The zero-order valence-corrected chi connectivity index (χ0v) is 16.6. The van der Waals surface area contributed by atoms with Gasteiger partial charge in [-0.1, -0.05) is 0 Å². The second kappa shape index (κ2) is 5.71. The predicted octanol–water partition coefficient (Wildman–Crippen LogP) is 6.37.